The Morgan fingerprint density at radius 2 is 0.310 bits per heavy atom. The lowest BCUT2D eigenvalue weighted by atomic mass is 9.89. The summed E-state index contributed by atoms with van der Waals surface area (Å²) in [5, 5.41) is 0. The van der Waals surface area contributed by atoms with E-state index in [2.05, 4.69) is 77.9 Å². The summed E-state index contributed by atoms with van der Waals surface area (Å²) in [6, 6.07) is 15.4. The number of benzene rings is 2. The van der Waals surface area contributed by atoms with Gasteiger partial charge in [0.15, 0.2) is 0 Å². The lowest BCUT2D eigenvalue weighted by molar-refractivity contribution is -0.345. The van der Waals surface area contributed by atoms with E-state index in [0.29, 0.717) is 0 Å². The van der Waals surface area contributed by atoms with E-state index in [1.165, 1.54) is 488 Å². The topological polar surface area (TPSA) is 25.3 Å². The molecule has 0 spiro atoms. The van der Waals surface area contributed by atoms with Gasteiger partial charge in [-0.05, 0) is 124 Å². The lowest BCUT2D eigenvalue weighted by Gasteiger charge is -2.15. The first-order chi connectivity index (χ1) is 49.5. The molecule has 1 heterocycles. The molecule has 3 rings (SSSR count). The van der Waals surface area contributed by atoms with Crippen molar-refractivity contribution in [3.63, 3.8) is 0 Å². The van der Waals surface area contributed by atoms with Crippen molar-refractivity contribution < 1.29 is 4.70 Å². The van der Waals surface area contributed by atoms with Crippen LogP contribution in [0, 0.1) is 0 Å². The molecular weight excluding hydrogens is 1210 g/mol. The standard InChI is InChI=1S/C98H176N2/c1-7-13-19-24-28-32-36-40-44-48-52-56-60-64-68-72-77-89-83-90(78-73-69-65-61-57-53-49-45-41-37-33-29-25-20-14-8-2)86-93(85-89)97-95(81-18-12-6)96(82-76-23-17-11-5)98(100(97)99)94-87-91(79-74-70-66-62-58-54-50-46-42-38-34-30-26-21-15-9-3)84-92(88-94)80-75-71-67-63-59-55-51-47-43-39-35-31-27-22-16-10-4/h83-88H,7-82H2,1-6H3. The summed E-state index contributed by atoms with van der Waals surface area (Å²) in [6.07, 6.45) is 104. The number of hydrogen-bond acceptors (Lipinski definition) is 0. The first kappa shape index (κ1) is 91.7. The van der Waals surface area contributed by atoms with Crippen LogP contribution < -0.4 is 0 Å². The summed E-state index contributed by atoms with van der Waals surface area (Å²) >= 11 is 0. The summed E-state index contributed by atoms with van der Waals surface area (Å²) in [6.45, 7) is 14.0. The Hall–Kier alpha value is -2.48. The van der Waals surface area contributed by atoms with Crippen molar-refractivity contribution in [3.8, 4) is 0 Å². The molecule has 100 heavy (non-hydrogen) atoms. The van der Waals surface area contributed by atoms with Crippen LogP contribution in [0.4, 0.5) is 0 Å². The monoisotopic (exact) mass is 1380 g/mol. The van der Waals surface area contributed by atoms with Gasteiger partial charge in [0.2, 0.25) is 11.4 Å². The average molecular weight is 1380 g/mol. The minimum absolute atomic E-state index is 1.04. The number of allylic oxidation sites excluding steroid dienone is 2. The summed E-state index contributed by atoms with van der Waals surface area (Å²) in [5.74, 6) is 0. The second kappa shape index (κ2) is 69.6. The Bertz CT molecular complexity index is 2080. The van der Waals surface area contributed by atoms with Gasteiger partial charge in [-0.2, -0.15) is 0 Å². The van der Waals surface area contributed by atoms with Gasteiger partial charge in [-0.15, -0.1) is 0 Å². The van der Waals surface area contributed by atoms with Crippen LogP contribution in [-0.2, 0) is 25.7 Å². The Kier molecular flexibility index (Phi) is 63.8. The van der Waals surface area contributed by atoms with E-state index in [1.54, 1.807) is 4.70 Å². The van der Waals surface area contributed by atoms with Gasteiger partial charge in [-0.1, -0.05) is 465 Å². The maximum Gasteiger partial charge on any atom is 0.211 e. The zero-order chi connectivity index (χ0) is 71.3. The van der Waals surface area contributed by atoms with Crippen molar-refractivity contribution in [2.45, 2.75) is 530 Å². The summed E-state index contributed by atoms with van der Waals surface area (Å²) in [5.41, 5.74) is 27.1. The second-order valence-corrected chi connectivity index (χ2v) is 33.2. The minimum atomic E-state index is 1.04. The first-order valence-corrected chi connectivity index (χ1v) is 46.7. The molecule has 1 aliphatic heterocycles. The van der Waals surface area contributed by atoms with Gasteiger partial charge in [-0.3, -0.25) is 0 Å². The van der Waals surface area contributed by atoms with Gasteiger partial charge in [0.05, 0.1) is 0 Å². The van der Waals surface area contributed by atoms with E-state index in [9.17, 15) is 5.53 Å². The molecule has 1 aliphatic rings. The molecule has 0 unspecified atom stereocenters. The van der Waals surface area contributed by atoms with Gasteiger partial charge in [0, 0.05) is 22.3 Å². The fourth-order valence-electron chi connectivity index (χ4n) is 16.8. The Labute approximate surface area is 628 Å². The van der Waals surface area contributed by atoms with Gasteiger partial charge in [0.25, 0.3) is 0 Å². The Morgan fingerprint density at radius 3 is 0.490 bits per heavy atom. The van der Waals surface area contributed by atoms with E-state index in [1.807, 2.05) is 0 Å². The Balaban J connectivity index is 1.81. The van der Waals surface area contributed by atoms with Crippen LogP contribution in [0.5, 0.6) is 0 Å². The highest BCUT2D eigenvalue weighted by Gasteiger charge is 2.36. The van der Waals surface area contributed by atoms with E-state index < -0.39 is 0 Å². The van der Waals surface area contributed by atoms with Gasteiger partial charge in [0.1, 0.15) is 0 Å². The van der Waals surface area contributed by atoms with Crippen molar-refractivity contribution >= 4 is 11.4 Å². The second-order valence-electron chi connectivity index (χ2n) is 33.2. The van der Waals surface area contributed by atoms with Gasteiger partial charge >= 0.3 is 0 Å². The van der Waals surface area contributed by atoms with Crippen LogP contribution >= 0.6 is 0 Å². The number of nitrogens with zero attached hydrogens (tertiary/aromatic N) is 2. The number of rotatable bonds is 78. The van der Waals surface area contributed by atoms with E-state index >= 15 is 0 Å². The molecular formula is C98H176N2. The summed E-state index contributed by atoms with van der Waals surface area (Å²) in [7, 11) is 0. The first-order valence-electron chi connectivity index (χ1n) is 46.7. The van der Waals surface area contributed by atoms with E-state index in [0.717, 1.165) is 56.3 Å². The fraction of sp³-hybridized carbons (Fsp3) is 0.837. The smallest absolute Gasteiger partial charge is 0.211 e. The predicted molar refractivity (Wildman–Crippen MR) is 452 cm³/mol. The largest absolute Gasteiger partial charge is 0.493 e. The maximum absolute atomic E-state index is 13.4. The minimum Gasteiger partial charge on any atom is -0.493 e. The molecule has 578 valence electrons. The molecule has 2 nitrogen and oxygen atoms in total. The molecule has 0 atom stereocenters. The third kappa shape index (κ3) is 49.3. The van der Waals surface area contributed by atoms with E-state index in [-0.39, 0.29) is 0 Å². The molecule has 0 aliphatic carbocycles. The van der Waals surface area contributed by atoms with Crippen molar-refractivity contribution in [3.05, 3.63) is 86.5 Å². The third-order valence-electron chi connectivity index (χ3n) is 23.3. The summed E-state index contributed by atoms with van der Waals surface area (Å²) < 4.78 is 1.79. The molecule has 0 radical (unpaired) electrons. The van der Waals surface area contributed by atoms with Crippen LogP contribution in [0.15, 0.2) is 47.5 Å². The molecule has 0 saturated carbocycles. The quantitative estimate of drug-likeness (QED) is 0.0466. The number of hydrogen-bond donors (Lipinski definition) is 0. The predicted octanol–water partition coefficient (Wildman–Crippen LogP) is 35.2. The SMILES string of the molecule is CCCCCCCCCCCCCCCCCCc1cc(CCCCCCCCCCCCCCCCCC)cc(C2=C(CCCC)C(CCCCCC)=C(c3cc(CCCCCCCCCCCCCCCCCC)cc(CCCCCCCCCCCCCCCCCC)c3)[N+]2=[N-])c1. The van der Waals surface area contributed by atoms with Crippen LogP contribution in [0.1, 0.15) is 537 Å². The van der Waals surface area contributed by atoms with Crippen LogP contribution in [-0.4, -0.2) is 4.70 Å². The average Bonchev–Trinajstić information content (AvgIpc) is 1.60. The van der Waals surface area contributed by atoms with Crippen molar-refractivity contribution in [1.29, 1.82) is 0 Å². The molecule has 2 aromatic carbocycles. The maximum atomic E-state index is 13.4. The van der Waals surface area contributed by atoms with Crippen LogP contribution in [0.3, 0.4) is 0 Å². The molecule has 0 aromatic heterocycles. The van der Waals surface area contributed by atoms with E-state index in [4.69, 9.17) is 0 Å². The van der Waals surface area contributed by atoms with Crippen molar-refractivity contribution in [2.24, 2.45) is 0 Å². The molecule has 0 bridgehead atoms. The number of unbranched alkanes of at least 4 members (excludes halogenated alkanes) is 64. The van der Waals surface area contributed by atoms with Crippen LogP contribution in [0.2, 0.25) is 0 Å². The van der Waals surface area contributed by atoms with Gasteiger partial charge < -0.3 is 5.53 Å². The molecule has 0 fully saturated rings. The van der Waals surface area contributed by atoms with Crippen LogP contribution in [0.25, 0.3) is 16.9 Å². The molecule has 2 aromatic rings. The Morgan fingerprint density at radius 1 is 0.170 bits per heavy atom. The number of aryl methyl sites for hydroxylation is 4. The highest BCUT2D eigenvalue weighted by molar-refractivity contribution is 5.82. The van der Waals surface area contributed by atoms with Crippen molar-refractivity contribution in [1.82, 2.24) is 0 Å². The van der Waals surface area contributed by atoms with Crippen molar-refractivity contribution in [2.75, 3.05) is 0 Å². The third-order valence-corrected chi connectivity index (χ3v) is 23.3. The zero-order valence-corrected chi connectivity index (χ0v) is 69.1. The summed E-state index contributed by atoms with van der Waals surface area (Å²) in [4.78, 5) is 0. The highest BCUT2D eigenvalue weighted by atomic mass is 15.2. The van der Waals surface area contributed by atoms with Gasteiger partial charge in [-0.25, -0.2) is 4.70 Å². The lowest BCUT2D eigenvalue weighted by Crippen LogP contribution is -2.05. The highest BCUT2D eigenvalue weighted by Crippen LogP contribution is 2.46. The fourth-order valence-corrected chi connectivity index (χ4v) is 16.8. The normalized spacial score (nSPS) is 12.7. The molecule has 0 N–H and O–H groups in total. The molecule has 0 saturated heterocycles. The zero-order valence-electron chi connectivity index (χ0n) is 69.1. The molecule has 0 amide bonds. The molecule has 2 heteroatoms.